The van der Waals surface area contributed by atoms with Gasteiger partial charge in [0.05, 0.1) is 12.4 Å². The van der Waals surface area contributed by atoms with Gasteiger partial charge in [-0.2, -0.15) is 0 Å². The van der Waals surface area contributed by atoms with Crippen LogP contribution in [-0.2, 0) is 6.54 Å². The summed E-state index contributed by atoms with van der Waals surface area (Å²) >= 11 is 3.46. The maximum absolute atomic E-state index is 12.1. The molecule has 0 fully saturated rings. The predicted molar refractivity (Wildman–Crippen MR) is 76.4 cm³/mol. The molecule has 1 amide bonds. The third-order valence-corrected chi connectivity index (χ3v) is 3.38. The number of hydrogen-bond acceptors (Lipinski definition) is 4. The minimum absolute atomic E-state index is 0.191. The Hall–Kier alpha value is -1.95. The topological polar surface area (TPSA) is 72.1 Å². The molecule has 6 heteroatoms. The van der Waals surface area contributed by atoms with E-state index in [-0.39, 0.29) is 11.6 Å². The highest BCUT2D eigenvalue weighted by molar-refractivity contribution is 9.10. The number of hydrogen-bond donors (Lipinski definition) is 1. The van der Waals surface area contributed by atoms with Crippen LogP contribution in [0.1, 0.15) is 16.1 Å². The van der Waals surface area contributed by atoms with Gasteiger partial charge in [0.15, 0.2) is 0 Å². The van der Waals surface area contributed by atoms with Gasteiger partial charge >= 0.3 is 0 Å². The molecule has 19 heavy (non-hydrogen) atoms. The maximum Gasteiger partial charge on any atom is 0.274 e. The monoisotopic (exact) mass is 320 g/mol. The van der Waals surface area contributed by atoms with Crippen LogP contribution in [0.15, 0.2) is 41.1 Å². The van der Waals surface area contributed by atoms with Gasteiger partial charge in [-0.15, -0.1) is 0 Å². The number of nitrogens with two attached hydrogens (primary N) is 1. The quantitative estimate of drug-likeness (QED) is 0.940. The first-order chi connectivity index (χ1) is 9.08. The predicted octanol–water partition coefficient (Wildman–Crippen LogP) is 2.09. The highest BCUT2D eigenvalue weighted by atomic mass is 79.9. The molecule has 0 aliphatic carbocycles. The number of halogens is 1. The molecule has 1 aromatic heterocycles. The van der Waals surface area contributed by atoms with Crippen LogP contribution < -0.4 is 5.73 Å². The second kappa shape index (κ2) is 5.79. The Kier molecular flexibility index (Phi) is 4.11. The molecule has 2 aromatic rings. The van der Waals surface area contributed by atoms with E-state index in [4.69, 9.17) is 5.73 Å². The summed E-state index contributed by atoms with van der Waals surface area (Å²) < 4.78 is 0.970. The Morgan fingerprint density at radius 3 is 2.68 bits per heavy atom. The Balaban J connectivity index is 2.12. The fraction of sp³-hybridized carbons (Fsp3) is 0.154. The fourth-order valence-corrected chi connectivity index (χ4v) is 2.01. The van der Waals surface area contributed by atoms with Crippen LogP contribution in [0.25, 0.3) is 0 Å². The smallest absolute Gasteiger partial charge is 0.274 e. The van der Waals surface area contributed by atoms with E-state index in [1.165, 1.54) is 12.4 Å². The van der Waals surface area contributed by atoms with Crippen molar-refractivity contribution in [2.45, 2.75) is 6.54 Å². The Morgan fingerprint density at radius 2 is 2.05 bits per heavy atom. The largest absolute Gasteiger partial charge is 0.382 e. The van der Waals surface area contributed by atoms with Gasteiger partial charge in [0.1, 0.15) is 11.5 Å². The summed E-state index contributed by atoms with van der Waals surface area (Å²) in [7, 11) is 1.72. The standard InChI is InChI=1S/C13H13BrN4O/c1-18(8-9-4-2-3-5-10(9)14)13(19)11-6-17-12(15)7-16-11/h2-7H,8H2,1H3,(H2,15,17). The summed E-state index contributed by atoms with van der Waals surface area (Å²) in [5.41, 5.74) is 6.75. The zero-order valence-corrected chi connectivity index (χ0v) is 12.0. The van der Waals surface area contributed by atoms with E-state index in [0.29, 0.717) is 12.4 Å². The van der Waals surface area contributed by atoms with Crippen molar-refractivity contribution in [2.24, 2.45) is 0 Å². The van der Waals surface area contributed by atoms with Crippen LogP contribution in [0, 0.1) is 0 Å². The van der Waals surface area contributed by atoms with E-state index in [0.717, 1.165) is 10.0 Å². The molecule has 0 atom stereocenters. The average molecular weight is 321 g/mol. The van der Waals surface area contributed by atoms with E-state index in [9.17, 15) is 4.79 Å². The molecule has 2 rings (SSSR count). The van der Waals surface area contributed by atoms with Crippen molar-refractivity contribution < 1.29 is 4.79 Å². The van der Waals surface area contributed by atoms with Crippen molar-refractivity contribution in [2.75, 3.05) is 12.8 Å². The van der Waals surface area contributed by atoms with E-state index in [1.54, 1.807) is 11.9 Å². The molecule has 0 spiro atoms. The van der Waals surface area contributed by atoms with E-state index in [1.807, 2.05) is 24.3 Å². The molecule has 0 saturated carbocycles. The van der Waals surface area contributed by atoms with Gasteiger partial charge in [-0.3, -0.25) is 4.79 Å². The highest BCUT2D eigenvalue weighted by Gasteiger charge is 2.14. The van der Waals surface area contributed by atoms with Gasteiger partial charge in [-0.05, 0) is 11.6 Å². The lowest BCUT2D eigenvalue weighted by atomic mass is 10.2. The van der Waals surface area contributed by atoms with Gasteiger partial charge in [-0.25, -0.2) is 9.97 Å². The van der Waals surface area contributed by atoms with Crippen LogP contribution in [0.5, 0.6) is 0 Å². The number of aromatic nitrogens is 2. The fourth-order valence-electron chi connectivity index (χ4n) is 1.60. The third-order valence-electron chi connectivity index (χ3n) is 2.60. The second-order valence-electron chi connectivity index (χ2n) is 4.08. The first kappa shape index (κ1) is 13.5. The molecular formula is C13H13BrN4O. The number of anilines is 1. The zero-order valence-electron chi connectivity index (χ0n) is 10.4. The highest BCUT2D eigenvalue weighted by Crippen LogP contribution is 2.17. The van der Waals surface area contributed by atoms with Crippen LogP contribution in [0.3, 0.4) is 0 Å². The number of amides is 1. The summed E-state index contributed by atoms with van der Waals surface area (Å²) in [5, 5.41) is 0. The van der Waals surface area contributed by atoms with Crippen molar-refractivity contribution in [3.05, 3.63) is 52.4 Å². The zero-order chi connectivity index (χ0) is 13.8. The molecule has 1 aromatic carbocycles. The lowest BCUT2D eigenvalue weighted by Crippen LogP contribution is -2.27. The molecule has 1 heterocycles. The van der Waals surface area contributed by atoms with E-state index >= 15 is 0 Å². The Labute approximate surface area is 119 Å². The van der Waals surface area contributed by atoms with Crippen molar-refractivity contribution >= 4 is 27.7 Å². The lowest BCUT2D eigenvalue weighted by molar-refractivity contribution is 0.0778. The van der Waals surface area contributed by atoms with Crippen LogP contribution in [0.4, 0.5) is 5.82 Å². The van der Waals surface area contributed by atoms with Crippen LogP contribution in [0.2, 0.25) is 0 Å². The SMILES string of the molecule is CN(Cc1ccccc1Br)C(=O)c1cnc(N)cn1. The van der Waals surface area contributed by atoms with Crippen molar-refractivity contribution in [3.63, 3.8) is 0 Å². The number of nitrogen functional groups attached to an aromatic ring is 1. The second-order valence-corrected chi connectivity index (χ2v) is 4.93. The first-order valence-electron chi connectivity index (χ1n) is 5.64. The normalized spacial score (nSPS) is 10.2. The molecular weight excluding hydrogens is 308 g/mol. The first-order valence-corrected chi connectivity index (χ1v) is 6.43. The molecule has 0 aliphatic rings. The van der Waals surface area contributed by atoms with Gasteiger partial charge in [0.2, 0.25) is 0 Å². The molecule has 0 unspecified atom stereocenters. The minimum atomic E-state index is -0.191. The Morgan fingerprint density at radius 1 is 1.32 bits per heavy atom. The molecule has 0 saturated heterocycles. The number of carbonyl (C=O) groups is 1. The summed E-state index contributed by atoms with van der Waals surface area (Å²) in [6, 6.07) is 7.77. The van der Waals surface area contributed by atoms with E-state index in [2.05, 4.69) is 25.9 Å². The number of nitrogens with zero attached hydrogens (tertiary/aromatic N) is 3. The maximum atomic E-state index is 12.1. The van der Waals surface area contributed by atoms with Gasteiger partial charge in [0, 0.05) is 18.1 Å². The number of rotatable bonds is 3. The molecule has 0 aliphatic heterocycles. The van der Waals surface area contributed by atoms with Crippen LogP contribution >= 0.6 is 15.9 Å². The van der Waals surface area contributed by atoms with Gasteiger partial charge < -0.3 is 10.6 Å². The van der Waals surface area contributed by atoms with Crippen molar-refractivity contribution in [1.29, 1.82) is 0 Å². The number of benzene rings is 1. The summed E-state index contributed by atoms with van der Waals surface area (Å²) in [4.78, 5) is 21.6. The number of carbonyl (C=O) groups excluding carboxylic acids is 1. The minimum Gasteiger partial charge on any atom is -0.382 e. The lowest BCUT2D eigenvalue weighted by Gasteiger charge is -2.17. The molecule has 5 nitrogen and oxygen atoms in total. The average Bonchev–Trinajstić information content (AvgIpc) is 2.41. The third kappa shape index (κ3) is 3.29. The summed E-state index contributed by atoms with van der Waals surface area (Å²) in [6.45, 7) is 0.492. The van der Waals surface area contributed by atoms with E-state index < -0.39 is 0 Å². The van der Waals surface area contributed by atoms with Crippen molar-refractivity contribution in [1.82, 2.24) is 14.9 Å². The molecule has 2 N–H and O–H groups in total. The summed E-state index contributed by atoms with van der Waals surface area (Å²) in [5.74, 6) is 0.105. The molecule has 98 valence electrons. The van der Waals surface area contributed by atoms with Gasteiger partial charge in [0.25, 0.3) is 5.91 Å². The molecule has 0 radical (unpaired) electrons. The van der Waals surface area contributed by atoms with Gasteiger partial charge in [-0.1, -0.05) is 34.1 Å². The van der Waals surface area contributed by atoms with Crippen LogP contribution in [-0.4, -0.2) is 27.8 Å². The molecule has 0 bridgehead atoms. The van der Waals surface area contributed by atoms with Crippen molar-refractivity contribution in [3.8, 4) is 0 Å². The summed E-state index contributed by atoms with van der Waals surface area (Å²) in [6.07, 6.45) is 2.76. The Bertz CT molecular complexity index is 585.